The lowest BCUT2D eigenvalue weighted by Crippen LogP contribution is -2.11. The third-order valence-electron chi connectivity index (χ3n) is 3.14. The minimum atomic E-state index is 0.349. The SMILES string of the molecule is CNC(C)c1cccc(SCc2ccnc(C#N)c2)c1. The minimum absolute atomic E-state index is 0.349. The summed E-state index contributed by atoms with van der Waals surface area (Å²) in [6.45, 7) is 2.14. The van der Waals surface area contributed by atoms with Crippen LogP contribution in [0, 0.1) is 11.3 Å². The van der Waals surface area contributed by atoms with Crippen LogP contribution in [0.1, 0.15) is 29.8 Å². The molecule has 1 aromatic carbocycles. The van der Waals surface area contributed by atoms with Crippen LogP contribution in [0.5, 0.6) is 0 Å². The smallest absolute Gasteiger partial charge is 0.140 e. The maximum absolute atomic E-state index is 8.85. The van der Waals surface area contributed by atoms with E-state index in [1.165, 1.54) is 10.5 Å². The Balaban J connectivity index is 2.05. The predicted octanol–water partition coefficient (Wildman–Crippen LogP) is 3.53. The highest BCUT2D eigenvalue weighted by Gasteiger charge is 2.04. The Bertz CT molecular complexity index is 619. The summed E-state index contributed by atoms with van der Waals surface area (Å²) >= 11 is 1.77. The summed E-state index contributed by atoms with van der Waals surface area (Å²) in [5.41, 5.74) is 2.87. The van der Waals surface area contributed by atoms with E-state index in [1.54, 1.807) is 18.0 Å². The second-order valence-electron chi connectivity index (χ2n) is 4.53. The Labute approximate surface area is 124 Å². The second kappa shape index (κ2) is 7.09. The number of thioether (sulfide) groups is 1. The molecule has 2 aromatic rings. The molecule has 0 aliphatic rings. The fourth-order valence-electron chi connectivity index (χ4n) is 1.83. The van der Waals surface area contributed by atoms with E-state index in [-0.39, 0.29) is 0 Å². The summed E-state index contributed by atoms with van der Waals surface area (Å²) in [6, 6.07) is 14.7. The van der Waals surface area contributed by atoms with Gasteiger partial charge in [-0.2, -0.15) is 5.26 Å². The standard InChI is InChI=1S/C16H17N3S/c1-12(18-2)14-4-3-5-16(9-14)20-11-13-6-7-19-15(8-13)10-17/h3-9,12,18H,11H2,1-2H3. The van der Waals surface area contributed by atoms with Crippen LogP contribution in [-0.2, 0) is 5.75 Å². The molecule has 0 aliphatic carbocycles. The molecule has 0 bridgehead atoms. The van der Waals surface area contributed by atoms with Crippen molar-refractivity contribution >= 4 is 11.8 Å². The van der Waals surface area contributed by atoms with E-state index in [0.717, 1.165) is 11.3 Å². The van der Waals surface area contributed by atoms with E-state index in [9.17, 15) is 0 Å². The van der Waals surface area contributed by atoms with Gasteiger partial charge in [-0.15, -0.1) is 11.8 Å². The van der Waals surface area contributed by atoms with E-state index >= 15 is 0 Å². The summed E-state index contributed by atoms with van der Waals surface area (Å²) in [5, 5.41) is 12.1. The maximum atomic E-state index is 8.85. The third-order valence-corrected chi connectivity index (χ3v) is 4.20. The molecule has 4 heteroatoms. The van der Waals surface area contributed by atoms with Gasteiger partial charge in [0.15, 0.2) is 0 Å². The number of benzene rings is 1. The average molecular weight is 283 g/mol. The molecule has 1 unspecified atom stereocenters. The summed E-state index contributed by atoms with van der Waals surface area (Å²) in [5.74, 6) is 0.842. The predicted molar refractivity (Wildman–Crippen MR) is 82.4 cm³/mol. The van der Waals surface area contributed by atoms with Gasteiger partial charge in [-0.05, 0) is 49.4 Å². The molecule has 0 spiro atoms. The molecule has 0 amide bonds. The molecule has 2 rings (SSSR count). The zero-order valence-electron chi connectivity index (χ0n) is 11.6. The van der Waals surface area contributed by atoms with Gasteiger partial charge in [-0.3, -0.25) is 0 Å². The largest absolute Gasteiger partial charge is 0.313 e. The van der Waals surface area contributed by atoms with Crippen molar-refractivity contribution in [2.45, 2.75) is 23.6 Å². The van der Waals surface area contributed by atoms with Gasteiger partial charge in [0.1, 0.15) is 11.8 Å². The molecule has 0 saturated heterocycles. The maximum Gasteiger partial charge on any atom is 0.140 e. The molecule has 3 nitrogen and oxygen atoms in total. The molecule has 0 fully saturated rings. The van der Waals surface area contributed by atoms with Crippen molar-refractivity contribution in [1.82, 2.24) is 10.3 Å². The Hall–Kier alpha value is -1.83. The van der Waals surface area contributed by atoms with Crippen LogP contribution in [0.4, 0.5) is 0 Å². The number of aromatic nitrogens is 1. The number of hydrogen-bond donors (Lipinski definition) is 1. The normalized spacial score (nSPS) is 11.8. The van der Waals surface area contributed by atoms with Gasteiger partial charge < -0.3 is 5.32 Å². The zero-order valence-corrected chi connectivity index (χ0v) is 12.4. The first-order valence-electron chi connectivity index (χ1n) is 6.48. The molecule has 0 aliphatic heterocycles. The van der Waals surface area contributed by atoms with Crippen molar-refractivity contribution < 1.29 is 0 Å². The Morgan fingerprint density at radius 2 is 2.20 bits per heavy atom. The first kappa shape index (κ1) is 14.6. The number of hydrogen-bond acceptors (Lipinski definition) is 4. The van der Waals surface area contributed by atoms with Gasteiger partial charge in [0.25, 0.3) is 0 Å². The van der Waals surface area contributed by atoms with Gasteiger partial charge in [-0.25, -0.2) is 4.98 Å². The van der Waals surface area contributed by atoms with E-state index in [1.807, 2.05) is 19.2 Å². The molecule has 20 heavy (non-hydrogen) atoms. The highest BCUT2D eigenvalue weighted by atomic mass is 32.2. The van der Waals surface area contributed by atoms with Crippen molar-refractivity contribution in [3.63, 3.8) is 0 Å². The molecular weight excluding hydrogens is 266 g/mol. The Morgan fingerprint density at radius 1 is 1.35 bits per heavy atom. The molecule has 1 atom stereocenters. The van der Waals surface area contributed by atoms with Crippen LogP contribution in [0.3, 0.4) is 0 Å². The van der Waals surface area contributed by atoms with Crippen LogP contribution in [0.25, 0.3) is 0 Å². The van der Waals surface area contributed by atoms with Crippen LogP contribution < -0.4 is 5.32 Å². The van der Waals surface area contributed by atoms with Gasteiger partial charge in [0.2, 0.25) is 0 Å². The monoisotopic (exact) mass is 283 g/mol. The quantitative estimate of drug-likeness (QED) is 0.853. The molecule has 0 radical (unpaired) electrons. The lowest BCUT2D eigenvalue weighted by atomic mass is 10.1. The van der Waals surface area contributed by atoms with E-state index in [0.29, 0.717) is 11.7 Å². The van der Waals surface area contributed by atoms with Crippen LogP contribution in [0.15, 0.2) is 47.5 Å². The second-order valence-corrected chi connectivity index (χ2v) is 5.58. The number of nitrogens with one attached hydrogen (secondary N) is 1. The van der Waals surface area contributed by atoms with Gasteiger partial charge in [0.05, 0.1) is 0 Å². The molecule has 102 valence electrons. The van der Waals surface area contributed by atoms with Crippen molar-refractivity contribution in [3.8, 4) is 6.07 Å². The first-order chi connectivity index (χ1) is 9.72. The summed E-state index contributed by atoms with van der Waals surface area (Å²) in [7, 11) is 1.96. The Morgan fingerprint density at radius 3 is 2.95 bits per heavy atom. The van der Waals surface area contributed by atoms with Crippen molar-refractivity contribution in [2.75, 3.05) is 7.05 Å². The number of nitrogens with zero attached hydrogens (tertiary/aromatic N) is 2. The van der Waals surface area contributed by atoms with E-state index in [4.69, 9.17) is 5.26 Å². The van der Waals surface area contributed by atoms with Crippen LogP contribution in [0.2, 0.25) is 0 Å². The van der Waals surface area contributed by atoms with Gasteiger partial charge in [0, 0.05) is 22.9 Å². The fraction of sp³-hybridized carbons (Fsp3) is 0.250. The zero-order chi connectivity index (χ0) is 14.4. The molecule has 1 heterocycles. The minimum Gasteiger partial charge on any atom is -0.313 e. The number of rotatable bonds is 5. The third kappa shape index (κ3) is 3.83. The van der Waals surface area contributed by atoms with Gasteiger partial charge in [-0.1, -0.05) is 12.1 Å². The first-order valence-corrected chi connectivity index (χ1v) is 7.46. The van der Waals surface area contributed by atoms with E-state index < -0.39 is 0 Å². The van der Waals surface area contributed by atoms with E-state index in [2.05, 4.69) is 47.6 Å². The Kier molecular flexibility index (Phi) is 5.16. The average Bonchev–Trinajstić information content (AvgIpc) is 2.52. The summed E-state index contributed by atoms with van der Waals surface area (Å²) in [4.78, 5) is 5.22. The van der Waals surface area contributed by atoms with Crippen LogP contribution >= 0.6 is 11.8 Å². The van der Waals surface area contributed by atoms with Crippen LogP contribution in [-0.4, -0.2) is 12.0 Å². The van der Waals surface area contributed by atoms with Crippen molar-refractivity contribution in [1.29, 1.82) is 5.26 Å². The fourth-order valence-corrected chi connectivity index (χ4v) is 2.74. The van der Waals surface area contributed by atoms with Crippen molar-refractivity contribution in [3.05, 3.63) is 59.4 Å². The topological polar surface area (TPSA) is 48.7 Å². The highest BCUT2D eigenvalue weighted by molar-refractivity contribution is 7.98. The van der Waals surface area contributed by atoms with Gasteiger partial charge >= 0.3 is 0 Å². The summed E-state index contributed by atoms with van der Waals surface area (Å²) < 4.78 is 0. The molecular formula is C16H17N3S. The number of nitriles is 1. The number of pyridine rings is 1. The molecule has 1 N–H and O–H groups in total. The molecule has 0 saturated carbocycles. The highest BCUT2D eigenvalue weighted by Crippen LogP contribution is 2.25. The lowest BCUT2D eigenvalue weighted by Gasteiger charge is -2.11. The van der Waals surface area contributed by atoms with Crippen molar-refractivity contribution in [2.24, 2.45) is 0 Å². The summed E-state index contributed by atoms with van der Waals surface area (Å²) in [6.07, 6.45) is 1.69. The lowest BCUT2D eigenvalue weighted by molar-refractivity contribution is 0.651. The molecule has 1 aromatic heterocycles.